The molecule has 3 fully saturated rings. The summed E-state index contributed by atoms with van der Waals surface area (Å²) >= 11 is 0. The molecule has 2 saturated heterocycles. The summed E-state index contributed by atoms with van der Waals surface area (Å²) in [6.45, 7) is 8.40. The lowest BCUT2D eigenvalue weighted by atomic mass is 9.85. The molecule has 2 bridgehead atoms. The molecule has 7 heteroatoms. The van der Waals surface area contributed by atoms with Crippen LogP contribution in [0.15, 0.2) is 54.6 Å². The van der Waals surface area contributed by atoms with Gasteiger partial charge in [0.1, 0.15) is 5.82 Å². The van der Waals surface area contributed by atoms with Crippen LogP contribution in [0.25, 0.3) is 5.69 Å². The van der Waals surface area contributed by atoms with Crippen LogP contribution in [-0.2, 0) is 16.6 Å². The molecule has 3 aliphatic rings. The van der Waals surface area contributed by atoms with Crippen molar-refractivity contribution in [3.05, 3.63) is 71.4 Å². The van der Waals surface area contributed by atoms with E-state index >= 15 is 0 Å². The Hall–Kier alpha value is -3.61. The predicted molar refractivity (Wildman–Crippen MR) is 168 cm³/mol. The number of nitrogens with zero attached hydrogens (tertiary/aromatic N) is 3. The largest absolute Gasteiger partial charge is 0.336 e. The third-order valence-corrected chi connectivity index (χ3v) is 9.52. The van der Waals surface area contributed by atoms with E-state index in [0.29, 0.717) is 29.7 Å². The molecule has 3 heterocycles. The number of fused-ring (bicyclic) bond motifs is 2. The van der Waals surface area contributed by atoms with E-state index in [1.807, 2.05) is 42.5 Å². The minimum absolute atomic E-state index is 0.152. The molecule has 1 aliphatic carbocycles. The van der Waals surface area contributed by atoms with Crippen molar-refractivity contribution in [1.29, 1.82) is 0 Å². The molecule has 1 aromatic heterocycles. The molecule has 2 unspecified atom stereocenters. The Balaban J connectivity index is 1.06. The minimum atomic E-state index is -0.299. The van der Waals surface area contributed by atoms with Gasteiger partial charge in [0.2, 0.25) is 5.91 Å². The lowest BCUT2D eigenvalue weighted by Crippen LogP contribution is -2.48. The topological polar surface area (TPSA) is 79.3 Å². The Morgan fingerprint density at radius 1 is 0.881 bits per heavy atom. The summed E-state index contributed by atoms with van der Waals surface area (Å²) in [5.41, 5.74) is 4.87. The highest BCUT2D eigenvalue weighted by Gasteiger charge is 2.44. The van der Waals surface area contributed by atoms with Crippen molar-refractivity contribution in [3.63, 3.8) is 0 Å². The van der Waals surface area contributed by atoms with E-state index in [9.17, 15) is 9.59 Å². The zero-order chi connectivity index (χ0) is 29.4. The summed E-state index contributed by atoms with van der Waals surface area (Å²) < 4.78 is 1.79. The van der Waals surface area contributed by atoms with Gasteiger partial charge in [-0.15, -0.1) is 0 Å². The lowest BCUT2D eigenvalue weighted by Gasteiger charge is -2.40. The van der Waals surface area contributed by atoms with Crippen LogP contribution < -0.4 is 10.6 Å². The summed E-state index contributed by atoms with van der Waals surface area (Å²) in [4.78, 5) is 28.5. The number of carbonyl (C=O) groups is 2. The third-order valence-electron chi connectivity index (χ3n) is 9.52. The van der Waals surface area contributed by atoms with Crippen LogP contribution in [0.3, 0.4) is 0 Å². The number of benzene rings is 2. The molecule has 3 amide bonds. The molecule has 222 valence electrons. The first kappa shape index (κ1) is 28.5. The number of piperidine rings is 1. The molecule has 2 aromatic carbocycles. The van der Waals surface area contributed by atoms with Gasteiger partial charge in [-0.1, -0.05) is 63.4 Å². The Morgan fingerprint density at radius 3 is 2.14 bits per heavy atom. The first-order chi connectivity index (χ1) is 20.1. The van der Waals surface area contributed by atoms with Gasteiger partial charge in [-0.05, 0) is 87.6 Å². The van der Waals surface area contributed by atoms with Gasteiger partial charge in [0, 0.05) is 35.2 Å². The second kappa shape index (κ2) is 11.6. The minimum Gasteiger partial charge on any atom is -0.336 e. The number of hydrogen-bond acceptors (Lipinski definition) is 3. The first-order valence-corrected chi connectivity index (χ1v) is 15.8. The smallest absolute Gasteiger partial charge is 0.324 e. The van der Waals surface area contributed by atoms with E-state index in [1.165, 1.54) is 24.0 Å². The van der Waals surface area contributed by atoms with Gasteiger partial charge in [-0.3, -0.25) is 10.1 Å². The maximum absolute atomic E-state index is 13.2. The lowest BCUT2D eigenvalue weighted by molar-refractivity contribution is -0.140. The summed E-state index contributed by atoms with van der Waals surface area (Å²) in [7, 11) is 0. The van der Waals surface area contributed by atoms with E-state index in [4.69, 9.17) is 5.10 Å². The molecule has 0 radical (unpaired) electrons. The molecule has 2 atom stereocenters. The fourth-order valence-electron chi connectivity index (χ4n) is 7.26. The summed E-state index contributed by atoms with van der Waals surface area (Å²) in [6, 6.07) is 18.8. The van der Waals surface area contributed by atoms with E-state index in [1.54, 1.807) is 4.68 Å². The quantitative estimate of drug-likeness (QED) is 0.321. The third kappa shape index (κ3) is 6.11. The van der Waals surface area contributed by atoms with E-state index < -0.39 is 0 Å². The Kier molecular flexibility index (Phi) is 7.86. The van der Waals surface area contributed by atoms with Gasteiger partial charge < -0.3 is 10.2 Å². The highest BCUT2D eigenvalue weighted by Crippen LogP contribution is 2.42. The molecular weight excluding hydrogens is 522 g/mol. The molecule has 3 aromatic rings. The standard InChI is InChI=1S/C35H45N5O2/c1-23-9-15-28(16-10-23)40-32(22-31(38-40)35(2,3)4)37-34(42)36-27-13-11-24(12-14-27)19-25-20-29-17-18-30(21-25)39(29)33(41)26-7-5-6-8-26/h9-16,22,25-26,29-30H,5-8,17-21H2,1-4H3,(H2,36,37,42). The van der Waals surface area contributed by atoms with Gasteiger partial charge in [0.25, 0.3) is 0 Å². The van der Waals surface area contributed by atoms with Crippen molar-refractivity contribution < 1.29 is 9.59 Å². The van der Waals surface area contributed by atoms with Gasteiger partial charge in [-0.25, -0.2) is 9.48 Å². The van der Waals surface area contributed by atoms with Crippen LogP contribution in [0.5, 0.6) is 0 Å². The van der Waals surface area contributed by atoms with Crippen molar-refractivity contribution in [2.75, 3.05) is 10.6 Å². The van der Waals surface area contributed by atoms with Crippen LogP contribution in [0.1, 0.15) is 89.0 Å². The highest BCUT2D eigenvalue weighted by molar-refractivity contribution is 5.99. The summed E-state index contributed by atoms with van der Waals surface area (Å²) in [6.07, 6.45) is 10.2. The molecule has 1 saturated carbocycles. The van der Waals surface area contributed by atoms with Gasteiger partial charge in [-0.2, -0.15) is 5.10 Å². The van der Waals surface area contributed by atoms with Crippen molar-refractivity contribution >= 4 is 23.4 Å². The van der Waals surface area contributed by atoms with Crippen LogP contribution in [0.2, 0.25) is 0 Å². The molecule has 6 rings (SSSR count). The molecule has 7 nitrogen and oxygen atoms in total. The Bertz CT molecular complexity index is 1400. The first-order valence-electron chi connectivity index (χ1n) is 15.8. The zero-order valence-electron chi connectivity index (χ0n) is 25.5. The number of amides is 3. The Labute approximate surface area is 250 Å². The van der Waals surface area contributed by atoms with Crippen LogP contribution in [-0.4, -0.2) is 38.7 Å². The van der Waals surface area contributed by atoms with Gasteiger partial charge in [0.05, 0.1) is 11.4 Å². The van der Waals surface area contributed by atoms with Crippen molar-refractivity contribution in [2.45, 2.75) is 103 Å². The van der Waals surface area contributed by atoms with E-state index in [0.717, 1.165) is 62.0 Å². The summed E-state index contributed by atoms with van der Waals surface area (Å²) in [5.74, 6) is 1.97. The number of aryl methyl sites for hydroxylation is 1. The Morgan fingerprint density at radius 2 is 1.52 bits per heavy atom. The molecule has 2 N–H and O–H groups in total. The summed E-state index contributed by atoms with van der Waals surface area (Å²) in [5, 5.41) is 10.8. The monoisotopic (exact) mass is 567 g/mol. The van der Waals surface area contributed by atoms with Crippen LogP contribution >= 0.6 is 0 Å². The number of rotatable bonds is 6. The second-order valence-corrected chi connectivity index (χ2v) is 13.8. The van der Waals surface area contributed by atoms with Crippen molar-refractivity contribution in [2.24, 2.45) is 11.8 Å². The zero-order valence-corrected chi connectivity index (χ0v) is 25.5. The number of carbonyl (C=O) groups excluding carboxylic acids is 2. The molecule has 42 heavy (non-hydrogen) atoms. The van der Waals surface area contributed by atoms with Gasteiger partial charge >= 0.3 is 6.03 Å². The molecule has 0 spiro atoms. The maximum atomic E-state index is 13.2. The normalized spacial score (nSPS) is 22.4. The van der Waals surface area contributed by atoms with Crippen molar-refractivity contribution in [3.8, 4) is 5.69 Å². The number of anilines is 2. The molecular formula is C35H45N5O2. The SMILES string of the molecule is Cc1ccc(-n2nc(C(C)(C)C)cc2NC(=O)Nc2ccc(CC3CC4CCC(C3)N4C(=O)C3CCCC3)cc2)cc1. The van der Waals surface area contributed by atoms with Crippen molar-refractivity contribution in [1.82, 2.24) is 14.7 Å². The average molecular weight is 568 g/mol. The second-order valence-electron chi connectivity index (χ2n) is 13.8. The van der Waals surface area contributed by atoms with Gasteiger partial charge in [0.15, 0.2) is 0 Å². The highest BCUT2D eigenvalue weighted by atomic mass is 16.2. The van der Waals surface area contributed by atoms with Crippen LogP contribution in [0.4, 0.5) is 16.3 Å². The van der Waals surface area contributed by atoms with Crippen LogP contribution in [0, 0.1) is 18.8 Å². The molecule has 2 aliphatic heterocycles. The number of hydrogen-bond donors (Lipinski definition) is 2. The number of urea groups is 1. The predicted octanol–water partition coefficient (Wildman–Crippen LogP) is 7.62. The average Bonchev–Trinajstić information content (AvgIpc) is 3.69. The van der Waals surface area contributed by atoms with E-state index in [2.05, 4.69) is 55.4 Å². The number of nitrogens with one attached hydrogen (secondary N) is 2. The fraction of sp³-hybridized carbons (Fsp3) is 0.514. The maximum Gasteiger partial charge on any atom is 0.324 e. The number of aromatic nitrogens is 2. The fourth-order valence-corrected chi connectivity index (χ4v) is 7.26. The van der Waals surface area contributed by atoms with E-state index in [-0.39, 0.29) is 17.4 Å².